The van der Waals surface area contributed by atoms with Crippen molar-refractivity contribution < 1.29 is 9.90 Å². The van der Waals surface area contributed by atoms with E-state index in [2.05, 4.69) is 0 Å². The molecule has 2 nitrogen and oxygen atoms in total. The van der Waals surface area contributed by atoms with Crippen molar-refractivity contribution in [2.75, 3.05) is 0 Å². The maximum atomic E-state index is 10.4. The predicted octanol–water partition coefficient (Wildman–Crippen LogP) is 11.8. The van der Waals surface area contributed by atoms with Crippen molar-refractivity contribution in [1.82, 2.24) is 0 Å². The Morgan fingerprint density at radius 2 is 0.676 bits per heavy atom. The van der Waals surface area contributed by atoms with Crippen molar-refractivity contribution in [3.63, 3.8) is 0 Å². The molecule has 34 heavy (non-hydrogen) atoms. The highest BCUT2D eigenvalue weighted by Gasteiger charge is 2.19. The van der Waals surface area contributed by atoms with Crippen LogP contribution in [0, 0.1) is 0 Å². The zero-order valence-electron chi connectivity index (χ0n) is 22.7. The van der Waals surface area contributed by atoms with Crippen LogP contribution >= 0.6 is 22.2 Å². The number of rotatable bonds is 28. The summed E-state index contributed by atoms with van der Waals surface area (Å²) in [6, 6.07) is 1.05. The van der Waals surface area contributed by atoms with Crippen molar-refractivity contribution >= 4 is 34.8 Å². The zero-order chi connectivity index (χ0) is 25.2. The van der Waals surface area contributed by atoms with Crippen LogP contribution in [-0.2, 0) is 4.79 Å². The Hall–Kier alpha value is 0.267. The molecule has 0 radical (unpaired) electrons. The summed E-state index contributed by atoms with van der Waals surface area (Å²) in [7, 11) is 0. The average Bonchev–Trinajstić information content (AvgIpc) is 2.77. The van der Waals surface area contributed by atoms with Gasteiger partial charge in [0.2, 0.25) is 6.69 Å². The van der Waals surface area contributed by atoms with E-state index in [4.69, 9.17) is 27.3 Å². The molecule has 0 fully saturated rings. The highest BCUT2D eigenvalue weighted by molar-refractivity contribution is 7.44. The fraction of sp³-hybridized carbons (Fsp3) is 0.966. The molecule has 5 heteroatoms. The van der Waals surface area contributed by atoms with E-state index >= 15 is 0 Å². The van der Waals surface area contributed by atoms with Crippen molar-refractivity contribution in [1.29, 1.82) is 0 Å². The summed E-state index contributed by atoms with van der Waals surface area (Å²) < 4.78 is 0. The summed E-state index contributed by atoms with van der Waals surface area (Å²) in [5.74, 6) is -0.653. The van der Waals surface area contributed by atoms with Crippen LogP contribution in [0.4, 0.5) is 0 Å². The molecule has 0 bridgehead atoms. The third-order valence-electron chi connectivity index (χ3n) is 7.01. The molecule has 0 aromatic rings. The Balaban J connectivity index is 3.05. The summed E-state index contributed by atoms with van der Waals surface area (Å²) in [5, 5.41) is 8.61. The Labute approximate surface area is 223 Å². The number of aliphatic carboxylic acids is 1. The number of carbonyl (C=O) groups is 1. The van der Waals surface area contributed by atoms with E-state index in [0.29, 0.717) is 6.42 Å². The fourth-order valence-corrected chi connectivity index (χ4v) is 6.45. The van der Waals surface area contributed by atoms with Crippen LogP contribution in [0.2, 0.25) is 12.6 Å². The Bertz CT molecular complexity index is 427. The third-order valence-corrected chi connectivity index (χ3v) is 9.37. The van der Waals surface area contributed by atoms with Gasteiger partial charge in [-0.15, -0.1) is 22.2 Å². The average molecular weight is 538 g/mol. The monoisotopic (exact) mass is 536 g/mol. The molecule has 0 aromatic carbocycles. The lowest BCUT2D eigenvalue weighted by Gasteiger charge is -2.09. The summed E-state index contributed by atoms with van der Waals surface area (Å²) in [6.07, 6.45) is 34.2. The van der Waals surface area contributed by atoms with E-state index in [1.165, 1.54) is 148 Å². The van der Waals surface area contributed by atoms with E-state index in [0.717, 1.165) is 18.9 Å². The van der Waals surface area contributed by atoms with Crippen LogP contribution < -0.4 is 0 Å². The molecule has 1 N–H and O–H groups in total. The Kier molecular flexibility index (Phi) is 26.5. The van der Waals surface area contributed by atoms with Gasteiger partial charge in [-0.25, -0.2) is 0 Å². The van der Waals surface area contributed by atoms with Gasteiger partial charge in [0.15, 0.2) is 0 Å². The molecule has 0 spiro atoms. The first kappa shape index (κ1) is 34.3. The smallest absolute Gasteiger partial charge is 0.303 e. The van der Waals surface area contributed by atoms with Gasteiger partial charge in [-0.1, -0.05) is 154 Å². The van der Waals surface area contributed by atoms with Gasteiger partial charge in [-0.2, -0.15) is 0 Å². The largest absolute Gasteiger partial charge is 0.481 e. The lowest BCUT2D eigenvalue weighted by molar-refractivity contribution is -0.137. The number of unbranched alkanes of at least 4 members (excludes halogenated alkanes) is 24. The maximum absolute atomic E-state index is 10.4. The molecule has 0 aliphatic heterocycles. The summed E-state index contributed by atoms with van der Waals surface area (Å²) in [6.45, 7) is 0.183. The SMILES string of the molecule is C[Si](Cl)(Cl)CCCCCCCCCCCCCCCCCCCCCCCCCCCC(=O)O. The minimum absolute atomic E-state index is 0.341. The Morgan fingerprint density at radius 1 is 0.471 bits per heavy atom. The molecule has 0 saturated heterocycles. The van der Waals surface area contributed by atoms with Gasteiger partial charge >= 0.3 is 5.97 Å². The van der Waals surface area contributed by atoms with Crippen LogP contribution in [0.3, 0.4) is 0 Å². The van der Waals surface area contributed by atoms with Crippen LogP contribution in [0.1, 0.15) is 167 Å². The standard InChI is InChI=1S/C29H58Cl2O2Si/c1-34(30,31)28-26-24-22-20-18-16-14-12-10-8-6-4-2-3-5-7-9-11-13-15-17-19-21-23-25-27-29(32)33/h2-28H2,1H3,(H,32,33). The molecular weight excluding hydrogens is 479 g/mol. The van der Waals surface area contributed by atoms with Crippen LogP contribution in [0.25, 0.3) is 0 Å². The van der Waals surface area contributed by atoms with Crippen LogP contribution in [0.5, 0.6) is 0 Å². The van der Waals surface area contributed by atoms with Gasteiger partial charge in [-0.05, 0) is 19.0 Å². The first-order valence-corrected chi connectivity index (χ1v) is 19.7. The first-order valence-electron chi connectivity index (χ1n) is 15.0. The lowest BCUT2D eigenvalue weighted by atomic mass is 10.0. The normalized spacial score (nSPS) is 11.9. The van der Waals surface area contributed by atoms with E-state index in [1.54, 1.807) is 0 Å². The zero-order valence-corrected chi connectivity index (χ0v) is 25.2. The predicted molar refractivity (Wildman–Crippen MR) is 156 cm³/mol. The number of halogens is 2. The van der Waals surface area contributed by atoms with E-state index in [1.807, 2.05) is 6.55 Å². The second-order valence-electron chi connectivity index (χ2n) is 10.8. The molecule has 0 aliphatic carbocycles. The van der Waals surface area contributed by atoms with Gasteiger partial charge in [-0.3, -0.25) is 4.79 Å². The number of hydrogen-bond acceptors (Lipinski definition) is 1. The second kappa shape index (κ2) is 26.3. The van der Waals surface area contributed by atoms with Gasteiger partial charge in [0.25, 0.3) is 0 Å². The quantitative estimate of drug-likeness (QED) is 0.0612. The molecule has 0 heterocycles. The summed E-state index contributed by atoms with van der Waals surface area (Å²) in [4.78, 5) is 10.4. The molecule has 0 amide bonds. The van der Waals surface area contributed by atoms with Crippen molar-refractivity contribution in [3.05, 3.63) is 0 Å². The van der Waals surface area contributed by atoms with Gasteiger partial charge in [0, 0.05) is 6.42 Å². The van der Waals surface area contributed by atoms with Crippen molar-refractivity contribution in [2.45, 2.75) is 180 Å². The number of carboxylic acid groups (broad SMARTS) is 1. The topological polar surface area (TPSA) is 37.3 Å². The summed E-state index contributed by atoms with van der Waals surface area (Å²) >= 11 is 12.3. The van der Waals surface area contributed by atoms with E-state index in [9.17, 15) is 4.79 Å². The molecular formula is C29H58Cl2O2Si. The molecule has 0 aromatic heterocycles. The Morgan fingerprint density at radius 3 is 0.882 bits per heavy atom. The number of carboxylic acids is 1. The third kappa shape index (κ3) is 32.3. The highest BCUT2D eigenvalue weighted by atomic mass is 35.7. The second-order valence-corrected chi connectivity index (χ2v) is 19.0. The van der Waals surface area contributed by atoms with Crippen LogP contribution in [-0.4, -0.2) is 17.8 Å². The lowest BCUT2D eigenvalue weighted by Crippen LogP contribution is -2.11. The molecule has 204 valence electrons. The van der Waals surface area contributed by atoms with Gasteiger partial charge < -0.3 is 5.11 Å². The molecule has 0 aliphatic rings. The minimum atomic E-state index is -1.85. The van der Waals surface area contributed by atoms with Crippen molar-refractivity contribution in [3.8, 4) is 0 Å². The van der Waals surface area contributed by atoms with Crippen molar-refractivity contribution in [2.24, 2.45) is 0 Å². The highest BCUT2D eigenvalue weighted by Crippen LogP contribution is 2.23. The molecule has 0 atom stereocenters. The molecule has 0 saturated carbocycles. The minimum Gasteiger partial charge on any atom is -0.481 e. The number of hydrogen-bond donors (Lipinski definition) is 1. The fourth-order valence-electron chi connectivity index (χ4n) is 4.78. The molecule has 0 rings (SSSR count). The molecule has 0 unspecified atom stereocenters. The van der Waals surface area contributed by atoms with Gasteiger partial charge in [0.1, 0.15) is 0 Å². The van der Waals surface area contributed by atoms with Gasteiger partial charge in [0.05, 0.1) is 0 Å². The maximum Gasteiger partial charge on any atom is 0.303 e. The van der Waals surface area contributed by atoms with Crippen LogP contribution in [0.15, 0.2) is 0 Å². The van der Waals surface area contributed by atoms with E-state index in [-0.39, 0.29) is 0 Å². The first-order chi connectivity index (χ1) is 16.4. The summed E-state index contributed by atoms with van der Waals surface area (Å²) in [5.41, 5.74) is 0. The van der Waals surface area contributed by atoms with E-state index < -0.39 is 12.7 Å².